The lowest BCUT2D eigenvalue weighted by molar-refractivity contribution is -0.143. The lowest BCUT2D eigenvalue weighted by Crippen LogP contribution is -2.32. The van der Waals surface area contributed by atoms with E-state index in [4.69, 9.17) is 4.74 Å². The van der Waals surface area contributed by atoms with Crippen molar-refractivity contribution < 1.29 is 19.1 Å². The summed E-state index contributed by atoms with van der Waals surface area (Å²) in [7, 11) is 0. The molecule has 0 bridgehead atoms. The molecule has 0 saturated carbocycles. The van der Waals surface area contributed by atoms with E-state index in [-0.39, 0.29) is 36.0 Å². The third-order valence-corrected chi connectivity index (χ3v) is 5.48. The minimum atomic E-state index is -0.397. The minimum absolute atomic E-state index is 0.0361. The highest BCUT2D eigenvalue weighted by atomic mass is 16.5. The predicted octanol–water partition coefficient (Wildman–Crippen LogP) is 5.48. The SMILES string of the molecule is CC(C)COC(=O)Cc1cccc2c1C(=O)N(c1c(C(C)C)cccc1C(C)C)C2=O. The molecule has 0 saturated heterocycles. The van der Waals surface area contributed by atoms with E-state index in [9.17, 15) is 14.4 Å². The number of hydrogen-bond donors (Lipinski definition) is 0. The van der Waals surface area contributed by atoms with Gasteiger partial charge >= 0.3 is 5.97 Å². The highest BCUT2D eigenvalue weighted by Gasteiger charge is 2.40. The number of fused-ring (bicyclic) bond motifs is 1. The Bertz CT molecular complexity index is 994. The molecule has 1 aliphatic heterocycles. The van der Waals surface area contributed by atoms with Gasteiger partial charge in [0.05, 0.1) is 29.8 Å². The Morgan fingerprint density at radius 1 is 0.871 bits per heavy atom. The molecule has 0 aliphatic carbocycles. The van der Waals surface area contributed by atoms with E-state index in [0.29, 0.717) is 29.0 Å². The van der Waals surface area contributed by atoms with Crippen LogP contribution in [0.1, 0.15) is 90.8 Å². The van der Waals surface area contributed by atoms with Crippen molar-refractivity contribution in [3.05, 3.63) is 64.2 Å². The highest BCUT2D eigenvalue weighted by molar-refractivity contribution is 6.35. The number of nitrogens with zero attached hydrogens (tertiary/aromatic N) is 1. The fourth-order valence-corrected chi connectivity index (χ4v) is 3.94. The molecular weight excluding hydrogens is 390 g/mol. The van der Waals surface area contributed by atoms with Gasteiger partial charge in [-0.2, -0.15) is 0 Å². The first-order chi connectivity index (χ1) is 14.6. The molecule has 3 rings (SSSR count). The first-order valence-electron chi connectivity index (χ1n) is 10.9. The quantitative estimate of drug-likeness (QED) is 0.439. The molecule has 1 heterocycles. The Hall–Kier alpha value is -2.95. The van der Waals surface area contributed by atoms with Crippen LogP contribution >= 0.6 is 0 Å². The molecule has 0 spiro atoms. The van der Waals surface area contributed by atoms with Crippen molar-refractivity contribution in [2.24, 2.45) is 5.92 Å². The van der Waals surface area contributed by atoms with Gasteiger partial charge in [-0.05, 0) is 40.5 Å². The van der Waals surface area contributed by atoms with Crippen molar-refractivity contribution in [2.75, 3.05) is 11.5 Å². The number of esters is 1. The van der Waals surface area contributed by atoms with Crippen molar-refractivity contribution in [3.63, 3.8) is 0 Å². The third-order valence-electron chi connectivity index (χ3n) is 5.48. The third kappa shape index (κ3) is 4.41. The second-order valence-corrected chi connectivity index (χ2v) is 9.13. The lowest BCUT2D eigenvalue weighted by Gasteiger charge is -2.25. The van der Waals surface area contributed by atoms with Crippen LogP contribution in [0, 0.1) is 5.92 Å². The normalized spacial score (nSPS) is 13.5. The Labute approximate surface area is 184 Å². The van der Waals surface area contributed by atoms with Crippen LogP contribution < -0.4 is 4.90 Å². The van der Waals surface area contributed by atoms with E-state index in [0.717, 1.165) is 11.1 Å². The van der Waals surface area contributed by atoms with Gasteiger partial charge in [-0.3, -0.25) is 14.4 Å². The molecule has 164 valence electrons. The Balaban J connectivity index is 2.05. The van der Waals surface area contributed by atoms with E-state index in [1.165, 1.54) is 4.90 Å². The van der Waals surface area contributed by atoms with Gasteiger partial charge in [0.15, 0.2) is 0 Å². The predicted molar refractivity (Wildman–Crippen MR) is 122 cm³/mol. The number of imide groups is 1. The van der Waals surface area contributed by atoms with Crippen LogP contribution in [0.5, 0.6) is 0 Å². The van der Waals surface area contributed by atoms with E-state index >= 15 is 0 Å². The zero-order chi connectivity index (χ0) is 22.9. The summed E-state index contributed by atoms with van der Waals surface area (Å²) < 4.78 is 5.29. The Kier molecular flexibility index (Phi) is 6.63. The number of benzene rings is 2. The second kappa shape index (κ2) is 9.04. The number of carbonyl (C=O) groups is 3. The van der Waals surface area contributed by atoms with Crippen LogP contribution in [-0.4, -0.2) is 24.4 Å². The molecule has 0 N–H and O–H groups in total. The van der Waals surface area contributed by atoms with E-state index in [1.807, 2.05) is 32.0 Å². The first-order valence-corrected chi connectivity index (χ1v) is 10.9. The van der Waals surface area contributed by atoms with E-state index in [1.54, 1.807) is 18.2 Å². The summed E-state index contributed by atoms with van der Waals surface area (Å²) in [6.07, 6.45) is -0.0361. The van der Waals surface area contributed by atoms with E-state index in [2.05, 4.69) is 27.7 Å². The molecular formula is C26H31NO4. The van der Waals surface area contributed by atoms with Gasteiger partial charge in [0.1, 0.15) is 0 Å². The second-order valence-electron chi connectivity index (χ2n) is 9.13. The van der Waals surface area contributed by atoms with Gasteiger partial charge in [0.2, 0.25) is 0 Å². The summed E-state index contributed by atoms with van der Waals surface area (Å²) in [5.74, 6) is -0.598. The molecule has 0 fully saturated rings. The number of para-hydroxylation sites is 1. The number of rotatable bonds is 7. The molecule has 1 aliphatic rings. The van der Waals surface area contributed by atoms with Gasteiger partial charge in [-0.1, -0.05) is 71.9 Å². The van der Waals surface area contributed by atoms with Gasteiger partial charge < -0.3 is 4.74 Å². The molecule has 0 unspecified atom stereocenters. The summed E-state index contributed by atoms with van der Waals surface area (Å²) in [5.41, 5.74) is 3.76. The Morgan fingerprint density at radius 3 is 2.00 bits per heavy atom. The standard InChI is InChI=1S/C26H31NO4/c1-15(2)14-31-22(28)13-18-9-7-12-21-23(18)26(30)27(25(21)29)24-19(16(3)4)10-8-11-20(24)17(5)6/h7-12,15-17H,13-14H2,1-6H3. The molecule has 5 heteroatoms. The van der Waals surface area contributed by atoms with Crippen molar-refractivity contribution >= 4 is 23.5 Å². The van der Waals surface area contributed by atoms with Crippen LogP contribution in [0.4, 0.5) is 5.69 Å². The number of hydrogen-bond acceptors (Lipinski definition) is 4. The minimum Gasteiger partial charge on any atom is -0.465 e. The average Bonchev–Trinajstić information content (AvgIpc) is 2.96. The lowest BCUT2D eigenvalue weighted by atomic mass is 9.92. The monoisotopic (exact) mass is 421 g/mol. The maximum absolute atomic E-state index is 13.6. The van der Waals surface area contributed by atoms with Crippen LogP contribution in [0.2, 0.25) is 0 Å². The zero-order valence-corrected chi connectivity index (χ0v) is 19.2. The fraction of sp³-hybridized carbons (Fsp3) is 0.423. The van der Waals surface area contributed by atoms with Crippen molar-refractivity contribution in [2.45, 2.75) is 59.8 Å². The average molecular weight is 422 g/mol. The summed E-state index contributed by atoms with van der Waals surface area (Å²) in [6, 6.07) is 11.0. The number of amides is 2. The largest absolute Gasteiger partial charge is 0.465 e. The number of anilines is 1. The van der Waals surface area contributed by atoms with Crippen LogP contribution in [0.3, 0.4) is 0 Å². The van der Waals surface area contributed by atoms with Crippen molar-refractivity contribution in [3.8, 4) is 0 Å². The molecule has 0 radical (unpaired) electrons. The fourth-order valence-electron chi connectivity index (χ4n) is 3.94. The number of ether oxygens (including phenoxy) is 1. The molecule has 2 aromatic carbocycles. The summed E-state index contributed by atoms with van der Waals surface area (Å²) in [4.78, 5) is 40.6. The topological polar surface area (TPSA) is 63.7 Å². The maximum atomic E-state index is 13.6. The summed E-state index contributed by atoms with van der Waals surface area (Å²) in [5, 5.41) is 0. The smallest absolute Gasteiger partial charge is 0.310 e. The summed E-state index contributed by atoms with van der Waals surface area (Å²) >= 11 is 0. The number of carbonyl (C=O) groups excluding carboxylic acids is 3. The van der Waals surface area contributed by atoms with Gasteiger partial charge in [0, 0.05) is 0 Å². The molecule has 2 aromatic rings. The van der Waals surface area contributed by atoms with Gasteiger partial charge in [-0.25, -0.2) is 4.90 Å². The van der Waals surface area contributed by atoms with Gasteiger partial charge in [-0.15, -0.1) is 0 Å². The highest BCUT2D eigenvalue weighted by Crippen LogP contribution is 2.40. The Morgan fingerprint density at radius 2 is 1.45 bits per heavy atom. The maximum Gasteiger partial charge on any atom is 0.310 e. The molecule has 0 atom stereocenters. The van der Waals surface area contributed by atoms with Crippen LogP contribution in [-0.2, 0) is 16.0 Å². The molecule has 2 amide bonds. The van der Waals surface area contributed by atoms with Crippen molar-refractivity contribution in [1.82, 2.24) is 0 Å². The first kappa shape index (κ1) is 22.7. The molecule has 5 nitrogen and oxygen atoms in total. The van der Waals surface area contributed by atoms with Crippen LogP contribution in [0.15, 0.2) is 36.4 Å². The van der Waals surface area contributed by atoms with E-state index < -0.39 is 5.97 Å². The summed E-state index contributed by atoms with van der Waals surface area (Å²) in [6.45, 7) is 12.5. The van der Waals surface area contributed by atoms with Crippen molar-refractivity contribution in [1.29, 1.82) is 0 Å². The van der Waals surface area contributed by atoms with Gasteiger partial charge in [0.25, 0.3) is 11.8 Å². The molecule has 0 aromatic heterocycles. The molecule has 31 heavy (non-hydrogen) atoms. The van der Waals surface area contributed by atoms with Crippen LogP contribution in [0.25, 0.3) is 0 Å². The zero-order valence-electron chi connectivity index (χ0n) is 19.2.